The molecular formula is C8H20HfO2. The molecule has 11 heavy (non-hydrogen) atoms. The summed E-state index contributed by atoms with van der Waals surface area (Å²) in [6.45, 7) is 4.79. The van der Waals surface area contributed by atoms with Crippen molar-refractivity contribution >= 4 is 0 Å². The molecule has 0 unspecified atom stereocenters. The van der Waals surface area contributed by atoms with Crippen LogP contribution >= 0.6 is 0 Å². The van der Waals surface area contributed by atoms with Gasteiger partial charge in [0.25, 0.3) is 0 Å². The number of hydrogen-bond acceptors (Lipinski definition) is 2. The van der Waals surface area contributed by atoms with E-state index in [1.165, 1.54) is 0 Å². The SMILES string of the molecule is CCCCO.CCCCO.[Hf]. The Morgan fingerprint density at radius 3 is 1.09 bits per heavy atom. The van der Waals surface area contributed by atoms with Gasteiger partial charge in [-0.25, -0.2) is 0 Å². The molecule has 0 spiro atoms. The Labute approximate surface area is 88.8 Å². The van der Waals surface area contributed by atoms with Crippen molar-refractivity contribution in [1.29, 1.82) is 0 Å². The van der Waals surface area contributed by atoms with Gasteiger partial charge in [-0.05, 0) is 12.8 Å². The summed E-state index contributed by atoms with van der Waals surface area (Å²) in [6, 6.07) is 0. The van der Waals surface area contributed by atoms with Crippen LogP contribution in [0.5, 0.6) is 0 Å². The number of unbranched alkanes of at least 4 members (excludes halogenated alkanes) is 2. The zero-order valence-corrected chi connectivity index (χ0v) is 11.2. The Kier molecular flexibility index (Phi) is 36.2. The Bertz CT molecular complexity index is 33.1. The van der Waals surface area contributed by atoms with E-state index in [-0.39, 0.29) is 25.8 Å². The second-order valence-corrected chi connectivity index (χ2v) is 2.15. The molecule has 0 aliphatic rings. The van der Waals surface area contributed by atoms with E-state index in [1.807, 2.05) is 0 Å². The molecular weight excluding hydrogens is 307 g/mol. The normalized spacial score (nSPS) is 7.64. The van der Waals surface area contributed by atoms with Crippen LogP contribution < -0.4 is 0 Å². The van der Waals surface area contributed by atoms with Crippen LogP contribution in [-0.4, -0.2) is 23.4 Å². The molecule has 0 amide bonds. The molecule has 0 rings (SSSR count). The predicted octanol–water partition coefficient (Wildman–Crippen LogP) is 1.56. The first-order chi connectivity index (χ1) is 4.83. The first-order valence-corrected chi connectivity index (χ1v) is 4.05. The van der Waals surface area contributed by atoms with Crippen molar-refractivity contribution in [2.45, 2.75) is 39.5 Å². The van der Waals surface area contributed by atoms with Crippen molar-refractivity contribution in [3.63, 3.8) is 0 Å². The maximum absolute atomic E-state index is 8.07. The molecule has 0 atom stereocenters. The van der Waals surface area contributed by atoms with Gasteiger partial charge in [0.05, 0.1) is 0 Å². The zero-order valence-electron chi connectivity index (χ0n) is 7.64. The molecule has 68 valence electrons. The van der Waals surface area contributed by atoms with Crippen LogP contribution in [0.4, 0.5) is 0 Å². The molecule has 0 heterocycles. The maximum Gasteiger partial charge on any atom is 0.0430 e. The van der Waals surface area contributed by atoms with Gasteiger partial charge >= 0.3 is 0 Å². The van der Waals surface area contributed by atoms with E-state index < -0.39 is 0 Å². The van der Waals surface area contributed by atoms with Gasteiger partial charge in [0.2, 0.25) is 0 Å². The van der Waals surface area contributed by atoms with E-state index in [0.29, 0.717) is 13.2 Å². The van der Waals surface area contributed by atoms with E-state index in [2.05, 4.69) is 13.8 Å². The van der Waals surface area contributed by atoms with Crippen molar-refractivity contribution in [2.24, 2.45) is 0 Å². The van der Waals surface area contributed by atoms with E-state index >= 15 is 0 Å². The molecule has 0 radical (unpaired) electrons. The Balaban J connectivity index is -0.000000107. The van der Waals surface area contributed by atoms with E-state index in [9.17, 15) is 0 Å². The quantitative estimate of drug-likeness (QED) is 0.770. The van der Waals surface area contributed by atoms with Crippen LogP contribution in [0.25, 0.3) is 0 Å². The molecule has 0 saturated heterocycles. The number of aliphatic hydroxyl groups excluding tert-OH is 2. The first kappa shape index (κ1) is 17.8. The molecule has 0 aromatic rings. The van der Waals surface area contributed by atoms with Crippen LogP contribution in [0.3, 0.4) is 0 Å². The van der Waals surface area contributed by atoms with Gasteiger partial charge in [0.1, 0.15) is 0 Å². The van der Waals surface area contributed by atoms with Crippen LogP contribution in [-0.2, 0) is 25.8 Å². The number of hydrogen-bond donors (Lipinski definition) is 2. The molecule has 0 aromatic heterocycles. The summed E-state index contributed by atoms with van der Waals surface area (Å²) in [4.78, 5) is 0. The van der Waals surface area contributed by atoms with Crippen LogP contribution in [0, 0.1) is 0 Å². The third-order valence-electron chi connectivity index (χ3n) is 1.02. The Hall–Kier alpha value is 0.790. The summed E-state index contributed by atoms with van der Waals surface area (Å²) in [5.74, 6) is 0. The van der Waals surface area contributed by atoms with Crippen LogP contribution in [0.2, 0.25) is 0 Å². The largest absolute Gasteiger partial charge is 0.396 e. The second kappa shape index (κ2) is 22.4. The molecule has 0 saturated carbocycles. The van der Waals surface area contributed by atoms with Crippen molar-refractivity contribution in [2.75, 3.05) is 13.2 Å². The van der Waals surface area contributed by atoms with Gasteiger partial charge in [-0.1, -0.05) is 26.7 Å². The fourth-order valence-corrected chi connectivity index (χ4v) is 0.316. The average Bonchev–Trinajstić information content (AvgIpc) is 1.93. The van der Waals surface area contributed by atoms with Crippen molar-refractivity contribution in [3.05, 3.63) is 0 Å². The van der Waals surface area contributed by atoms with E-state index in [1.54, 1.807) is 0 Å². The average molecular weight is 327 g/mol. The molecule has 3 heteroatoms. The summed E-state index contributed by atoms with van der Waals surface area (Å²) in [5.41, 5.74) is 0. The van der Waals surface area contributed by atoms with E-state index in [0.717, 1.165) is 25.7 Å². The molecule has 0 aromatic carbocycles. The summed E-state index contributed by atoms with van der Waals surface area (Å²) >= 11 is 0. The van der Waals surface area contributed by atoms with Crippen molar-refractivity contribution in [1.82, 2.24) is 0 Å². The summed E-state index contributed by atoms with van der Waals surface area (Å²) in [7, 11) is 0. The Morgan fingerprint density at radius 2 is 1.09 bits per heavy atom. The standard InChI is InChI=1S/2C4H10O.Hf/c2*1-2-3-4-5;/h2*5H,2-4H2,1H3;. The molecule has 0 bridgehead atoms. The van der Waals surface area contributed by atoms with Crippen LogP contribution in [0.15, 0.2) is 0 Å². The van der Waals surface area contributed by atoms with Crippen molar-refractivity contribution < 1.29 is 36.1 Å². The fraction of sp³-hybridized carbons (Fsp3) is 1.00. The fourth-order valence-electron chi connectivity index (χ4n) is 0.316. The van der Waals surface area contributed by atoms with Gasteiger partial charge in [0.15, 0.2) is 0 Å². The molecule has 2 nitrogen and oxygen atoms in total. The summed E-state index contributed by atoms with van der Waals surface area (Å²) in [5, 5.41) is 16.1. The third kappa shape index (κ3) is 36.3. The number of aliphatic hydroxyl groups is 2. The van der Waals surface area contributed by atoms with Gasteiger partial charge in [0, 0.05) is 39.1 Å². The maximum atomic E-state index is 8.07. The monoisotopic (exact) mass is 328 g/mol. The molecule has 0 fully saturated rings. The van der Waals surface area contributed by atoms with Gasteiger partial charge in [-0.3, -0.25) is 0 Å². The predicted molar refractivity (Wildman–Crippen MR) is 44.0 cm³/mol. The van der Waals surface area contributed by atoms with Gasteiger partial charge in [-0.15, -0.1) is 0 Å². The minimum Gasteiger partial charge on any atom is -0.396 e. The molecule has 0 aliphatic carbocycles. The first-order valence-electron chi connectivity index (χ1n) is 4.05. The summed E-state index contributed by atoms with van der Waals surface area (Å²) < 4.78 is 0. The zero-order chi connectivity index (χ0) is 8.24. The van der Waals surface area contributed by atoms with Gasteiger partial charge < -0.3 is 10.2 Å². The van der Waals surface area contributed by atoms with Gasteiger partial charge in [-0.2, -0.15) is 0 Å². The molecule has 0 aliphatic heterocycles. The third-order valence-corrected chi connectivity index (χ3v) is 1.02. The van der Waals surface area contributed by atoms with E-state index in [4.69, 9.17) is 10.2 Å². The smallest absolute Gasteiger partial charge is 0.0430 e. The topological polar surface area (TPSA) is 40.5 Å². The van der Waals surface area contributed by atoms with Crippen molar-refractivity contribution in [3.8, 4) is 0 Å². The minimum atomic E-state index is 0. The second-order valence-electron chi connectivity index (χ2n) is 2.15. The Morgan fingerprint density at radius 1 is 0.818 bits per heavy atom. The summed E-state index contributed by atoms with van der Waals surface area (Å²) in [6.07, 6.45) is 4.08. The minimum absolute atomic E-state index is 0. The number of rotatable bonds is 4. The molecule has 2 N–H and O–H groups in total. The van der Waals surface area contributed by atoms with Crippen LogP contribution in [0.1, 0.15) is 39.5 Å².